The topological polar surface area (TPSA) is 82.0 Å². The van der Waals surface area contributed by atoms with Crippen molar-refractivity contribution < 1.29 is 9.72 Å². The molecule has 0 aromatic heterocycles. The normalized spacial score (nSPS) is 22.1. The monoisotopic (exact) mass is 539 g/mol. The molecule has 5 rings (SSSR count). The van der Waals surface area contributed by atoms with Crippen molar-refractivity contribution in [3.8, 4) is 0 Å². The average Bonchev–Trinajstić information content (AvgIpc) is 3.48. The molecule has 2 aromatic rings. The standard InChI is InChI=1S/C29H38ClN5O3/c1-2-21-16-26(7-10-28(21)35(37)38)31-25-11-14-33(15-12-25)29(36)4-3-13-32-17-22-19-34(20-23(22)18-32)27-8-5-24(30)6-9-27/h5-10,16,22-23,25,31H,2-4,11-15,17-20H2,1H3. The van der Waals surface area contributed by atoms with Gasteiger partial charge in [-0.2, -0.15) is 0 Å². The fourth-order valence-corrected chi connectivity index (χ4v) is 6.52. The summed E-state index contributed by atoms with van der Waals surface area (Å²) in [6.07, 6.45) is 3.94. The highest BCUT2D eigenvalue weighted by Crippen LogP contribution is 2.34. The number of hydrogen-bond acceptors (Lipinski definition) is 6. The van der Waals surface area contributed by atoms with E-state index in [-0.39, 0.29) is 22.6 Å². The van der Waals surface area contributed by atoms with Crippen molar-refractivity contribution in [3.63, 3.8) is 0 Å². The number of rotatable bonds is 9. The lowest BCUT2D eigenvalue weighted by molar-refractivity contribution is -0.385. The second-order valence-electron chi connectivity index (χ2n) is 11.0. The molecule has 3 heterocycles. The number of nitrogens with zero attached hydrogens (tertiary/aromatic N) is 4. The van der Waals surface area contributed by atoms with Crippen LogP contribution >= 0.6 is 11.6 Å². The zero-order valence-corrected chi connectivity index (χ0v) is 22.9. The van der Waals surface area contributed by atoms with E-state index < -0.39 is 0 Å². The van der Waals surface area contributed by atoms with E-state index in [9.17, 15) is 14.9 Å². The molecule has 3 aliphatic rings. The molecule has 8 nitrogen and oxygen atoms in total. The van der Waals surface area contributed by atoms with Crippen LogP contribution in [0.25, 0.3) is 0 Å². The summed E-state index contributed by atoms with van der Waals surface area (Å²) in [5.41, 5.74) is 3.10. The summed E-state index contributed by atoms with van der Waals surface area (Å²) < 4.78 is 0. The Morgan fingerprint density at radius 3 is 2.37 bits per heavy atom. The number of nitro benzene ring substituents is 1. The first-order valence-corrected chi connectivity index (χ1v) is 14.3. The number of fused-ring (bicyclic) bond motifs is 1. The second-order valence-corrected chi connectivity index (χ2v) is 11.5. The Balaban J connectivity index is 0.998. The molecule has 3 aliphatic heterocycles. The molecule has 2 unspecified atom stereocenters. The molecule has 3 fully saturated rings. The van der Waals surface area contributed by atoms with Crippen LogP contribution in [0.5, 0.6) is 0 Å². The van der Waals surface area contributed by atoms with Gasteiger partial charge in [0, 0.05) is 79.8 Å². The van der Waals surface area contributed by atoms with Crippen LogP contribution in [-0.2, 0) is 11.2 Å². The Bertz CT molecular complexity index is 1120. The van der Waals surface area contributed by atoms with Gasteiger partial charge < -0.3 is 20.0 Å². The number of hydrogen-bond donors (Lipinski definition) is 1. The van der Waals surface area contributed by atoms with E-state index in [1.54, 1.807) is 12.1 Å². The van der Waals surface area contributed by atoms with Crippen LogP contribution < -0.4 is 10.2 Å². The van der Waals surface area contributed by atoms with E-state index in [1.165, 1.54) is 5.69 Å². The minimum Gasteiger partial charge on any atom is -0.382 e. The Labute approximate surface area is 230 Å². The van der Waals surface area contributed by atoms with Crippen LogP contribution in [0, 0.1) is 22.0 Å². The van der Waals surface area contributed by atoms with Crippen molar-refractivity contribution in [1.82, 2.24) is 9.80 Å². The number of amides is 1. The number of anilines is 2. The molecule has 2 atom stereocenters. The van der Waals surface area contributed by atoms with Crippen molar-refractivity contribution >= 4 is 34.6 Å². The molecule has 0 saturated carbocycles. The number of piperidine rings is 1. The summed E-state index contributed by atoms with van der Waals surface area (Å²) in [6.45, 7) is 8.91. The van der Waals surface area contributed by atoms with Gasteiger partial charge in [0.05, 0.1) is 4.92 Å². The van der Waals surface area contributed by atoms with E-state index in [4.69, 9.17) is 11.6 Å². The molecule has 1 amide bonds. The lowest BCUT2D eigenvalue weighted by atomic mass is 10.0. The van der Waals surface area contributed by atoms with E-state index in [2.05, 4.69) is 27.2 Å². The molecule has 0 spiro atoms. The Morgan fingerprint density at radius 1 is 1.05 bits per heavy atom. The van der Waals surface area contributed by atoms with E-state index in [1.807, 2.05) is 30.0 Å². The van der Waals surface area contributed by atoms with E-state index in [0.717, 1.165) is 81.3 Å². The van der Waals surface area contributed by atoms with Gasteiger partial charge in [-0.3, -0.25) is 14.9 Å². The quantitative estimate of drug-likeness (QED) is 0.354. The Morgan fingerprint density at radius 2 is 1.74 bits per heavy atom. The highest BCUT2D eigenvalue weighted by Gasteiger charge is 2.39. The maximum atomic E-state index is 12.8. The summed E-state index contributed by atoms with van der Waals surface area (Å²) in [5.74, 6) is 1.68. The predicted molar refractivity (Wildman–Crippen MR) is 152 cm³/mol. The molecule has 2 aromatic carbocycles. The van der Waals surface area contributed by atoms with Gasteiger partial charge in [-0.1, -0.05) is 18.5 Å². The molecule has 0 radical (unpaired) electrons. The van der Waals surface area contributed by atoms with Crippen molar-refractivity contribution in [2.75, 3.05) is 56.0 Å². The molecule has 0 bridgehead atoms. The zero-order valence-electron chi connectivity index (χ0n) is 22.2. The van der Waals surface area contributed by atoms with Gasteiger partial charge in [0.25, 0.3) is 5.69 Å². The van der Waals surface area contributed by atoms with Crippen LogP contribution in [0.1, 0.15) is 38.2 Å². The van der Waals surface area contributed by atoms with Gasteiger partial charge >= 0.3 is 0 Å². The molecule has 3 saturated heterocycles. The largest absolute Gasteiger partial charge is 0.382 e. The lowest BCUT2D eigenvalue weighted by Crippen LogP contribution is -2.42. The number of halogens is 1. The highest BCUT2D eigenvalue weighted by atomic mass is 35.5. The maximum Gasteiger partial charge on any atom is 0.272 e. The first kappa shape index (κ1) is 26.8. The van der Waals surface area contributed by atoms with Crippen molar-refractivity contribution in [3.05, 3.63) is 63.2 Å². The average molecular weight is 540 g/mol. The van der Waals surface area contributed by atoms with Gasteiger partial charge in [0.2, 0.25) is 5.91 Å². The van der Waals surface area contributed by atoms with Crippen molar-refractivity contribution in [1.29, 1.82) is 0 Å². The number of nitro groups is 1. The molecule has 204 valence electrons. The third-order valence-corrected chi connectivity index (χ3v) is 8.75. The minimum atomic E-state index is -0.321. The highest BCUT2D eigenvalue weighted by molar-refractivity contribution is 6.30. The van der Waals surface area contributed by atoms with E-state index >= 15 is 0 Å². The van der Waals surface area contributed by atoms with Crippen LogP contribution in [0.4, 0.5) is 17.1 Å². The Kier molecular flexibility index (Phi) is 8.39. The molecule has 38 heavy (non-hydrogen) atoms. The zero-order chi connectivity index (χ0) is 26.6. The molecule has 9 heteroatoms. The number of nitrogens with one attached hydrogen (secondary N) is 1. The van der Waals surface area contributed by atoms with Crippen molar-refractivity contribution in [2.24, 2.45) is 11.8 Å². The third-order valence-electron chi connectivity index (χ3n) is 8.49. The number of carbonyl (C=O) groups excluding carboxylic acids is 1. The first-order chi connectivity index (χ1) is 18.4. The predicted octanol–water partition coefficient (Wildman–Crippen LogP) is 5.06. The summed E-state index contributed by atoms with van der Waals surface area (Å²) in [6, 6.07) is 13.7. The number of carbonyl (C=O) groups is 1. The lowest BCUT2D eigenvalue weighted by Gasteiger charge is -2.33. The van der Waals surface area contributed by atoms with Crippen LogP contribution in [0.3, 0.4) is 0 Å². The summed E-state index contributed by atoms with van der Waals surface area (Å²) in [7, 11) is 0. The van der Waals surface area contributed by atoms with Crippen molar-refractivity contribution in [2.45, 2.75) is 45.1 Å². The van der Waals surface area contributed by atoms with Gasteiger partial charge in [0.1, 0.15) is 0 Å². The first-order valence-electron chi connectivity index (χ1n) is 13.9. The van der Waals surface area contributed by atoms with Gasteiger partial charge in [-0.15, -0.1) is 0 Å². The van der Waals surface area contributed by atoms with Gasteiger partial charge in [0.15, 0.2) is 0 Å². The second kappa shape index (κ2) is 11.9. The number of likely N-dealkylation sites (tertiary alicyclic amines) is 2. The minimum absolute atomic E-state index is 0.176. The SMILES string of the molecule is CCc1cc(NC2CCN(C(=O)CCCN3CC4CN(c5ccc(Cl)cc5)CC4C3)CC2)ccc1[N+](=O)[O-]. The van der Waals surface area contributed by atoms with Crippen LogP contribution in [-0.4, -0.2) is 72.5 Å². The smallest absolute Gasteiger partial charge is 0.272 e. The summed E-state index contributed by atoms with van der Waals surface area (Å²) >= 11 is 6.04. The molecular weight excluding hydrogens is 502 g/mol. The summed E-state index contributed by atoms with van der Waals surface area (Å²) in [4.78, 5) is 30.8. The maximum absolute atomic E-state index is 12.8. The Hall–Kier alpha value is -2.84. The fourth-order valence-electron chi connectivity index (χ4n) is 6.39. The van der Waals surface area contributed by atoms with Crippen LogP contribution in [0.15, 0.2) is 42.5 Å². The van der Waals surface area contributed by atoms with Gasteiger partial charge in [-0.25, -0.2) is 0 Å². The van der Waals surface area contributed by atoms with Gasteiger partial charge in [-0.05, 0) is 80.5 Å². The molecule has 1 N–H and O–H groups in total. The van der Waals surface area contributed by atoms with Crippen LogP contribution in [0.2, 0.25) is 5.02 Å². The number of benzene rings is 2. The summed E-state index contributed by atoms with van der Waals surface area (Å²) in [5, 5.41) is 15.5. The number of aryl methyl sites for hydroxylation is 1. The molecular formula is C29H38ClN5O3. The van der Waals surface area contributed by atoms with E-state index in [0.29, 0.717) is 24.7 Å². The molecule has 0 aliphatic carbocycles. The third kappa shape index (κ3) is 6.24. The fraction of sp³-hybridized carbons (Fsp3) is 0.552.